The number of sulfonamides is 1. The van der Waals surface area contributed by atoms with Gasteiger partial charge in [0.15, 0.2) is 0 Å². The number of aromatic nitrogens is 1. The van der Waals surface area contributed by atoms with E-state index in [-0.39, 0.29) is 23.8 Å². The zero-order chi connectivity index (χ0) is 19.9. The molecule has 9 heteroatoms. The van der Waals surface area contributed by atoms with Crippen LogP contribution in [0, 0.1) is 5.92 Å². The summed E-state index contributed by atoms with van der Waals surface area (Å²) in [6.45, 7) is 1.54. The maximum absolute atomic E-state index is 13.1. The number of aliphatic hydroxyl groups excluding tert-OH is 1. The average molecular weight is 426 g/mol. The maximum Gasteiger partial charge on any atom is 0.277 e. The quantitative estimate of drug-likeness (QED) is 0.802. The van der Waals surface area contributed by atoms with Crippen molar-refractivity contribution in [3.63, 3.8) is 0 Å². The van der Waals surface area contributed by atoms with Crippen molar-refractivity contribution in [3.8, 4) is 0 Å². The lowest BCUT2D eigenvalue weighted by molar-refractivity contribution is 0.0413. The van der Waals surface area contributed by atoms with E-state index in [2.05, 4.69) is 11.1 Å². The fourth-order valence-corrected chi connectivity index (χ4v) is 6.38. The summed E-state index contributed by atoms with van der Waals surface area (Å²) in [7, 11) is -3.14. The predicted octanol–water partition coefficient (Wildman–Crippen LogP) is 2.17. The molecule has 1 aliphatic carbocycles. The SMILES string of the molecule is CS(=O)(=O)N1CCC(c2nc(C(=O)N3CCC(O)C4CCCC=C43)cs2)CC1. The second-order valence-electron chi connectivity index (χ2n) is 7.99. The lowest BCUT2D eigenvalue weighted by Gasteiger charge is -2.40. The fourth-order valence-electron chi connectivity index (χ4n) is 4.54. The van der Waals surface area contributed by atoms with Crippen molar-refractivity contribution in [3.05, 3.63) is 27.9 Å². The molecule has 4 rings (SSSR count). The fraction of sp³-hybridized carbons (Fsp3) is 0.684. The Morgan fingerprint density at radius 3 is 2.68 bits per heavy atom. The molecule has 2 saturated heterocycles. The standard InChI is InChI=1S/C19H27N3O4S2/c1-28(25,26)21-9-6-13(7-10-21)18-20-15(12-27-18)19(24)22-11-8-17(23)14-4-2-3-5-16(14)22/h5,12-14,17,23H,2-4,6-11H2,1H3. The number of carbonyl (C=O) groups is 1. The second-order valence-corrected chi connectivity index (χ2v) is 10.9. The number of allylic oxidation sites excluding steroid dienone is 1. The van der Waals surface area contributed by atoms with Gasteiger partial charge in [-0.25, -0.2) is 17.7 Å². The van der Waals surface area contributed by atoms with E-state index in [1.54, 1.807) is 0 Å². The minimum atomic E-state index is -3.14. The number of fused-ring (bicyclic) bond motifs is 1. The Balaban J connectivity index is 1.46. The summed E-state index contributed by atoms with van der Waals surface area (Å²) in [6, 6.07) is 0. The van der Waals surface area contributed by atoms with E-state index in [9.17, 15) is 18.3 Å². The Morgan fingerprint density at radius 1 is 1.21 bits per heavy atom. The lowest BCUT2D eigenvalue weighted by atomic mass is 9.82. The third-order valence-electron chi connectivity index (χ3n) is 6.14. The van der Waals surface area contributed by atoms with Crippen molar-refractivity contribution in [1.29, 1.82) is 0 Å². The summed E-state index contributed by atoms with van der Waals surface area (Å²) in [6.07, 6.45) is 7.99. The topological polar surface area (TPSA) is 90.8 Å². The van der Waals surface area contributed by atoms with Crippen LogP contribution in [0.15, 0.2) is 17.2 Å². The van der Waals surface area contributed by atoms with Crippen molar-refractivity contribution in [2.45, 2.75) is 50.5 Å². The number of hydrogen-bond donors (Lipinski definition) is 1. The molecule has 3 heterocycles. The zero-order valence-corrected chi connectivity index (χ0v) is 17.7. The minimum absolute atomic E-state index is 0.0601. The van der Waals surface area contributed by atoms with E-state index in [0.717, 1.165) is 42.8 Å². The minimum Gasteiger partial charge on any atom is -0.392 e. The van der Waals surface area contributed by atoms with Crippen LogP contribution >= 0.6 is 11.3 Å². The average Bonchev–Trinajstić information content (AvgIpc) is 3.18. The molecule has 0 radical (unpaired) electrons. The van der Waals surface area contributed by atoms with Crippen molar-refractivity contribution in [1.82, 2.24) is 14.2 Å². The summed E-state index contributed by atoms with van der Waals surface area (Å²) in [5.41, 5.74) is 1.43. The van der Waals surface area contributed by atoms with Gasteiger partial charge in [-0.3, -0.25) is 4.79 Å². The molecule has 1 aromatic heterocycles. The van der Waals surface area contributed by atoms with Crippen LogP contribution in [-0.2, 0) is 10.0 Å². The molecule has 2 aliphatic heterocycles. The smallest absolute Gasteiger partial charge is 0.277 e. The number of thiazole rings is 1. The predicted molar refractivity (Wildman–Crippen MR) is 108 cm³/mol. The summed E-state index contributed by atoms with van der Waals surface area (Å²) >= 11 is 1.49. The van der Waals surface area contributed by atoms with Gasteiger partial charge in [-0.1, -0.05) is 6.08 Å². The lowest BCUT2D eigenvalue weighted by Crippen LogP contribution is -2.45. The summed E-state index contributed by atoms with van der Waals surface area (Å²) in [4.78, 5) is 19.5. The third-order valence-corrected chi connectivity index (χ3v) is 8.45. The van der Waals surface area contributed by atoms with E-state index >= 15 is 0 Å². The van der Waals surface area contributed by atoms with E-state index in [4.69, 9.17) is 0 Å². The van der Waals surface area contributed by atoms with Gasteiger partial charge in [-0.05, 0) is 38.5 Å². The molecule has 0 saturated carbocycles. The molecule has 1 aromatic rings. The molecule has 0 spiro atoms. The molecule has 0 aromatic carbocycles. The molecular formula is C19H27N3O4S2. The molecule has 154 valence electrons. The Hall–Kier alpha value is -1.29. The zero-order valence-electron chi connectivity index (χ0n) is 16.1. The molecule has 1 amide bonds. The van der Waals surface area contributed by atoms with Crippen molar-refractivity contribution in [2.75, 3.05) is 25.9 Å². The van der Waals surface area contributed by atoms with Gasteiger partial charge in [-0.2, -0.15) is 0 Å². The van der Waals surface area contributed by atoms with Crippen LogP contribution in [0.1, 0.15) is 59.9 Å². The highest BCUT2D eigenvalue weighted by Crippen LogP contribution is 2.37. The third kappa shape index (κ3) is 3.90. The normalized spacial score (nSPS) is 27.4. The first kappa shape index (κ1) is 20.0. The Kier molecular flexibility index (Phi) is 5.61. The number of carbonyl (C=O) groups excluding carboxylic acids is 1. The number of piperidine rings is 2. The number of amides is 1. The van der Waals surface area contributed by atoms with E-state index in [0.29, 0.717) is 31.7 Å². The maximum atomic E-state index is 13.1. The Labute approximate surface area is 170 Å². The molecule has 2 fully saturated rings. The van der Waals surface area contributed by atoms with E-state index in [1.807, 2.05) is 10.3 Å². The Morgan fingerprint density at radius 2 is 1.96 bits per heavy atom. The molecule has 0 bridgehead atoms. The molecule has 3 aliphatic rings. The van der Waals surface area contributed by atoms with Gasteiger partial charge >= 0.3 is 0 Å². The first-order valence-electron chi connectivity index (χ1n) is 9.95. The van der Waals surface area contributed by atoms with Gasteiger partial charge in [0.25, 0.3) is 5.91 Å². The van der Waals surface area contributed by atoms with E-state index in [1.165, 1.54) is 21.9 Å². The number of rotatable bonds is 3. The van der Waals surface area contributed by atoms with Crippen molar-refractivity contribution in [2.24, 2.45) is 5.92 Å². The number of hydrogen-bond acceptors (Lipinski definition) is 6. The van der Waals surface area contributed by atoms with Crippen molar-refractivity contribution >= 4 is 27.3 Å². The van der Waals surface area contributed by atoms with Crippen molar-refractivity contribution < 1.29 is 18.3 Å². The van der Waals surface area contributed by atoms with E-state index < -0.39 is 10.0 Å². The van der Waals surface area contributed by atoms with Gasteiger partial charge in [0.2, 0.25) is 10.0 Å². The van der Waals surface area contributed by atoms with Crippen LogP contribution in [0.4, 0.5) is 0 Å². The van der Waals surface area contributed by atoms with Crippen LogP contribution in [0.3, 0.4) is 0 Å². The second kappa shape index (κ2) is 7.85. The van der Waals surface area contributed by atoms with Crippen LogP contribution in [0.2, 0.25) is 0 Å². The van der Waals surface area contributed by atoms with Gasteiger partial charge in [0.1, 0.15) is 5.69 Å². The summed E-state index contributed by atoms with van der Waals surface area (Å²) < 4.78 is 24.9. The highest BCUT2D eigenvalue weighted by Gasteiger charge is 2.37. The number of nitrogens with zero attached hydrogens (tertiary/aromatic N) is 3. The molecule has 2 atom stereocenters. The molecule has 28 heavy (non-hydrogen) atoms. The van der Waals surface area contributed by atoms with Crippen LogP contribution < -0.4 is 0 Å². The molecule has 7 nitrogen and oxygen atoms in total. The number of aliphatic hydroxyl groups is 1. The van der Waals surface area contributed by atoms with Gasteiger partial charge in [0.05, 0.1) is 17.4 Å². The van der Waals surface area contributed by atoms with Crippen LogP contribution in [0.5, 0.6) is 0 Å². The Bertz CT molecular complexity index is 871. The summed E-state index contributed by atoms with van der Waals surface area (Å²) in [5.74, 6) is 0.181. The molecular weight excluding hydrogens is 398 g/mol. The highest BCUT2D eigenvalue weighted by molar-refractivity contribution is 7.88. The number of likely N-dealkylation sites (tertiary alicyclic amines) is 1. The highest BCUT2D eigenvalue weighted by atomic mass is 32.2. The van der Waals surface area contributed by atoms with Crippen LogP contribution in [-0.4, -0.2) is 65.6 Å². The van der Waals surface area contributed by atoms with Gasteiger partial charge in [0, 0.05) is 42.5 Å². The summed E-state index contributed by atoms with van der Waals surface area (Å²) in [5, 5.41) is 13.0. The monoisotopic (exact) mass is 425 g/mol. The van der Waals surface area contributed by atoms with Gasteiger partial charge in [-0.15, -0.1) is 11.3 Å². The largest absolute Gasteiger partial charge is 0.392 e. The molecule has 1 N–H and O–H groups in total. The van der Waals surface area contributed by atoms with Crippen LogP contribution in [0.25, 0.3) is 0 Å². The molecule has 2 unspecified atom stereocenters. The first-order chi connectivity index (χ1) is 13.3. The first-order valence-corrected chi connectivity index (χ1v) is 12.7. The van der Waals surface area contributed by atoms with Gasteiger partial charge < -0.3 is 10.0 Å².